The molecule has 11 heteroatoms. The van der Waals surface area contributed by atoms with Crippen LogP contribution in [0, 0.1) is 0 Å². The Morgan fingerprint density at radius 3 is 2.45 bits per heavy atom. The molecule has 2 atom stereocenters. The van der Waals surface area contributed by atoms with Crippen LogP contribution in [0.25, 0.3) is 0 Å². The number of hydrogen-bond donors (Lipinski definition) is 2. The second kappa shape index (κ2) is 12.9. The van der Waals surface area contributed by atoms with Crippen molar-refractivity contribution in [3.8, 4) is 11.5 Å². The van der Waals surface area contributed by atoms with Gasteiger partial charge < -0.3 is 19.3 Å². The van der Waals surface area contributed by atoms with Crippen molar-refractivity contribution in [2.75, 3.05) is 33.2 Å². The molecule has 3 aromatic rings. The smallest absolute Gasteiger partial charge is 0.275 e. The standard InChI is InChI=1S/C29H32N2O8S/c1-36-24-9-6-8-22(20-24)26-29(28(33)31-37-2,16-19-40(34,35)25-10-4-3-5-11-25)30-27(39-26)21-12-14-23(15-13-21)38-18-7-17-32/h3-6,8-15,20,26,32H,7,16-19H2,1-2H3,(H,31,33)/t26-,29-/m0/s1. The molecule has 1 aliphatic heterocycles. The number of aliphatic hydroxyl groups excluding tert-OH is 1. The van der Waals surface area contributed by atoms with E-state index < -0.39 is 27.4 Å². The number of ether oxygens (including phenoxy) is 3. The number of sulfone groups is 1. The van der Waals surface area contributed by atoms with E-state index in [0.717, 1.165) is 0 Å². The highest BCUT2D eigenvalue weighted by molar-refractivity contribution is 7.91. The van der Waals surface area contributed by atoms with E-state index >= 15 is 0 Å². The predicted molar refractivity (Wildman–Crippen MR) is 148 cm³/mol. The van der Waals surface area contributed by atoms with E-state index in [9.17, 15) is 13.2 Å². The summed E-state index contributed by atoms with van der Waals surface area (Å²) < 4.78 is 43.8. The first-order valence-corrected chi connectivity index (χ1v) is 14.3. The summed E-state index contributed by atoms with van der Waals surface area (Å²) in [6.07, 6.45) is -0.671. The summed E-state index contributed by atoms with van der Waals surface area (Å²) >= 11 is 0. The van der Waals surface area contributed by atoms with Crippen molar-refractivity contribution in [1.29, 1.82) is 0 Å². The zero-order valence-electron chi connectivity index (χ0n) is 22.3. The minimum absolute atomic E-state index is 0.0278. The lowest BCUT2D eigenvalue weighted by atomic mass is 9.85. The van der Waals surface area contributed by atoms with E-state index in [2.05, 4.69) is 5.48 Å². The Labute approximate surface area is 233 Å². The highest BCUT2D eigenvalue weighted by atomic mass is 32.2. The number of carbonyl (C=O) groups is 1. The highest BCUT2D eigenvalue weighted by Gasteiger charge is 2.54. The normalized spacial score (nSPS) is 18.5. The molecule has 0 unspecified atom stereocenters. The Morgan fingerprint density at radius 2 is 1.77 bits per heavy atom. The summed E-state index contributed by atoms with van der Waals surface area (Å²) in [5.41, 5.74) is 1.81. The van der Waals surface area contributed by atoms with Gasteiger partial charge >= 0.3 is 0 Å². The Morgan fingerprint density at radius 1 is 1.02 bits per heavy atom. The van der Waals surface area contributed by atoms with Gasteiger partial charge in [0.2, 0.25) is 5.90 Å². The first-order valence-electron chi connectivity index (χ1n) is 12.7. The molecule has 3 aromatic carbocycles. The number of nitrogens with zero attached hydrogens (tertiary/aromatic N) is 1. The Balaban J connectivity index is 1.75. The average molecular weight is 569 g/mol. The molecule has 4 rings (SSSR count). The monoisotopic (exact) mass is 568 g/mol. The van der Waals surface area contributed by atoms with Gasteiger partial charge in [-0.1, -0.05) is 30.3 Å². The van der Waals surface area contributed by atoms with Crippen LogP contribution in [0.2, 0.25) is 0 Å². The van der Waals surface area contributed by atoms with E-state index in [1.807, 2.05) is 0 Å². The van der Waals surface area contributed by atoms with Gasteiger partial charge in [-0.25, -0.2) is 18.9 Å². The minimum atomic E-state index is -3.76. The first-order chi connectivity index (χ1) is 19.3. The van der Waals surface area contributed by atoms with Crippen LogP contribution in [0.3, 0.4) is 0 Å². The highest BCUT2D eigenvalue weighted by Crippen LogP contribution is 2.43. The van der Waals surface area contributed by atoms with Gasteiger partial charge in [0.1, 0.15) is 11.5 Å². The van der Waals surface area contributed by atoms with Crippen LogP contribution in [-0.4, -0.2) is 64.1 Å². The number of methoxy groups -OCH3 is 1. The van der Waals surface area contributed by atoms with Crippen molar-refractivity contribution in [1.82, 2.24) is 5.48 Å². The molecule has 0 saturated carbocycles. The molecule has 0 spiro atoms. The summed E-state index contributed by atoms with van der Waals surface area (Å²) in [6.45, 7) is 0.390. The van der Waals surface area contributed by atoms with Crippen LogP contribution in [-0.2, 0) is 24.2 Å². The van der Waals surface area contributed by atoms with Gasteiger partial charge in [0.25, 0.3) is 5.91 Å². The molecule has 1 amide bonds. The second-order valence-corrected chi connectivity index (χ2v) is 11.2. The molecule has 0 aromatic heterocycles. The van der Waals surface area contributed by atoms with Crippen molar-refractivity contribution in [3.05, 3.63) is 90.0 Å². The summed E-state index contributed by atoms with van der Waals surface area (Å²) in [7, 11) is -0.936. The molecular formula is C29H32N2O8S. The fraction of sp³-hybridized carbons (Fsp3) is 0.310. The number of amides is 1. The number of benzene rings is 3. The van der Waals surface area contributed by atoms with Crippen LogP contribution >= 0.6 is 0 Å². The van der Waals surface area contributed by atoms with Gasteiger partial charge in [0, 0.05) is 25.0 Å². The van der Waals surface area contributed by atoms with E-state index in [-0.39, 0.29) is 29.6 Å². The molecular weight excluding hydrogens is 536 g/mol. The van der Waals surface area contributed by atoms with Gasteiger partial charge in [-0.2, -0.15) is 0 Å². The van der Waals surface area contributed by atoms with Crippen LogP contribution in [0.15, 0.2) is 88.8 Å². The molecule has 40 heavy (non-hydrogen) atoms. The van der Waals surface area contributed by atoms with E-state index in [4.69, 9.17) is 29.1 Å². The maximum atomic E-state index is 13.6. The summed E-state index contributed by atoms with van der Waals surface area (Å²) in [5.74, 6) is 0.282. The summed E-state index contributed by atoms with van der Waals surface area (Å²) in [6, 6.07) is 22.0. The van der Waals surface area contributed by atoms with Crippen LogP contribution in [0.1, 0.15) is 30.1 Å². The summed E-state index contributed by atoms with van der Waals surface area (Å²) in [5, 5.41) is 8.98. The van der Waals surface area contributed by atoms with Gasteiger partial charge in [-0.05, 0) is 54.1 Å². The van der Waals surface area contributed by atoms with Crippen molar-refractivity contribution in [2.24, 2.45) is 4.99 Å². The van der Waals surface area contributed by atoms with Crippen LogP contribution in [0.4, 0.5) is 0 Å². The number of carbonyl (C=O) groups excluding carboxylic acids is 1. The third-order valence-corrected chi connectivity index (χ3v) is 8.21. The summed E-state index contributed by atoms with van der Waals surface area (Å²) in [4.78, 5) is 23.5. The zero-order valence-corrected chi connectivity index (χ0v) is 23.1. The molecule has 0 saturated heterocycles. The second-order valence-electron chi connectivity index (χ2n) is 9.08. The Kier molecular flexibility index (Phi) is 9.41. The SMILES string of the molecule is CONC(=O)[C@@]1(CCS(=O)(=O)c2ccccc2)N=C(c2ccc(OCCCO)cc2)O[C@H]1c1cccc(OC)c1. The van der Waals surface area contributed by atoms with Crippen LogP contribution < -0.4 is 15.0 Å². The molecule has 10 nitrogen and oxygen atoms in total. The van der Waals surface area contributed by atoms with Crippen molar-refractivity contribution < 1.29 is 37.4 Å². The Hall–Kier alpha value is -3.93. The van der Waals surface area contributed by atoms with E-state index in [1.54, 1.807) is 66.7 Å². The average Bonchev–Trinajstić information content (AvgIpc) is 3.38. The molecule has 212 valence electrons. The number of nitrogens with one attached hydrogen (secondary N) is 1. The number of hydrogen-bond acceptors (Lipinski definition) is 9. The number of aliphatic imine (C=N–C) groups is 1. The lowest BCUT2D eigenvalue weighted by molar-refractivity contribution is -0.139. The van der Waals surface area contributed by atoms with Gasteiger partial charge in [0.05, 0.1) is 31.5 Å². The number of aliphatic hydroxyl groups is 1. The molecule has 0 aliphatic carbocycles. The van der Waals surface area contributed by atoms with Crippen molar-refractivity contribution in [3.63, 3.8) is 0 Å². The zero-order chi connectivity index (χ0) is 28.6. The molecule has 1 heterocycles. The largest absolute Gasteiger partial charge is 0.497 e. The predicted octanol–water partition coefficient (Wildman–Crippen LogP) is 3.25. The molecule has 0 fully saturated rings. The fourth-order valence-corrected chi connectivity index (χ4v) is 5.78. The van der Waals surface area contributed by atoms with Crippen LogP contribution in [0.5, 0.6) is 11.5 Å². The number of hydroxylamine groups is 1. The lowest BCUT2D eigenvalue weighted by Crippen LogP contribution is -2.49. The third-order valence-electron chi connectivity index (χ3n) is 6.48. The fourth-order valence-electron chi connectivity index (χ4n) is 4.39. The molecule has 0 bridgehead atoms. The maximum Gasteiger partial charge on any atom is 0.275 e. The van der Waals surface area contributed by atoms with E-state index in [1.165, 1.54) is 26.4 Å². The van der Waals surface area contributed by atoms with Crippen molar-refractivity contribution in [2.45, 2.75) is 29.4 Å². The maximum absolute atomic E-state index is 13.6. The van der Waals surface area contributed by atoms with Gasteiger partial charge in [-0.3, -0.25) is 9.63 Å². The minimum Gasteiger partial charge on any atom is -0.497 e. The van der Waals surface area contributed by atoms with E-state index in [0.29, 0.717) is 35.7 Å². The third kappa shape index (κ3) is 6.44. The molecule has 2 N–H and O–H groups in total. The quantitative estimate of drug-likeness (QED) is 0.237. The van der Waals surface area contributed by atoms with Gasteiger partial charge in [0.15, 0.2) is 21.5 Å². The topological polar surface area (TPSA) is 133 Å². The molecule has 1 aliphatic rings. The number of rotatable bonds is 13. The lowest BCUT2D eigenvalue weighted by Gasteiger charge is -2.30. The molecule has 0 radical (unpaired) electrons. The van der Waals surface area contributed by atoms with Gasteiger partial charge in [-0.15, -0.1) is 0 Å². The van der Waals surface area contributed by atoms with Crippen molar-refractivity contribution >= 4 is 21.6 Å². The Bertz CT molecular complexity index is 1430. The first kappa shape index (κ1) is 29.1.